The summed E-state index contributed by atoms with van der Waals surface area (Å²) in [5.41, 5.74) is 1.92. The third-order valence-corrected chi connectivity index (χ3v) is 5.60. The van der Waals surface area contributed by atoms with Gasteiger partial charge in [-0.3, -0.25) is 0 Å². The second kappa shape index (κ2) is 7.09. The zero-order chi connectivity index (χ0) is 19.7. The Morgan fingerprint density at radius 2 is 1.89 bits per heavy atom. The maximum atomic E-state index is 13.6. The summed E-state index contributed by atoms with van der Waals surface area (Å²) >= 11 is 0. The molecule has 5 nitrogen and oxygen atoms in total. The van der Waals surface area contributed by atoms with E-state index in [1.165, 1.54) is 12.1 Å². The lowest BCUT2D eigenvalue weighted by Gasteiger charge is -2.29. The SMILES string of the molecule is C=Cc1cc(Oc2ccc(C3=CC=CN4CCS(=O)(=O)N=C34)cc2)ccc1F. The maximum Gasteiger partial charge on any atom is 0.256 e. The number of hydrogen-bond acceptors (Lipinski definition) is 4. The molecule has 0 atom stereocenters. The molecule has 142 valence electrons. The van der Waals surface area contributed by atoms with Gasteiger partial charge in [0, 0.05) is 23.9 Å². The van der Waals surface area contributed by atoms with Crippen LogP contribution in [0, 0.1) is 5.82 Å². The highest BCUT2D eigenvalue weighted by molar-refractivity contribution is 7.90. The van der Waals surface area contributed by atoms with Gasteiger partial charge in [-0.25, -0.2) is 12.8 Å². The van der Waals surface area contributed by atoms with E-state index in [0.717, 1.165) is 11.1 Å². The van der Waals surface area contributed by atoms with Gasteiger partial charge < -0.3 is 9.64 Å². The molecule has 0 saturated heterocycles. The quantitative estimate of drug-likeness (QED) is 0.777. The lowest BCUT2D eigenvalue weighted by molar-refractivity contribution is 0.480. The van der Waals surface area contributed by atoms with E-state index in [2.05, 4.69) is 11.0 Å². The average Bonchev–Trinajstić information content (AvgIpc) is 2.69. The van der Waals surface area contributed by atoms with E-state index < -0.39 is 10.0 Å². The molecule has 2 aliphatic heterocycles. The molecular formula is C21H17FN2O3S. The van der Waals surface area contributed by atoms with Crippen molar-refractivity contribution in [1.82, 2.24) is 4.90 Å². The Morgan fingerprint density at radius 1 is 1.14 bits per heavy atom. The zero-order valence-corrected chi connectivity index (χ0v) is 15.7. The third-order valence-electron chi connectivity index (χ3n) is 4.45. The highest BCUT2D eigenvalue weighted by Gasteiger charge is 2.27. The number of nitrogens with zero attached hydrogens (tertiary/aromatic N) is 2. The molecule has 0 bridgehead atoms. The topological polar surface area (TPSA) is 59.0 Å². The first-order valence-corrected chi connectivity index (χ1v) is 10.2. The van der Waals surface area contributed by atoms with Crippen molar-refractivity contribution in [3.63, 3.8) is 0 Å². The fraction of sp³-hybridized carbons (Fsp3) is 0.0952. The van der Waals surface area contributed by atoms with Crippen LogP contribution in [0.2, 0.25) is 0 Å². The number of rotatable bonds is 4. The van der Waals surface area contributed by atoms with Gasteiger partial charge in [0.05, 0.1) is 5.75 Å². The van der Waals surface area contributed by atoms with Crippen LogP contribution in [0.1, 0.15) is 11.1 Å². The molecule has 0 N–H and O–H groups in total. The number of allylic oxidation sites excluding steroid dienone is 2. The van der Waals surface area contributed by atoms with E-state index in [1.54, 1.807) is 24.3 Å². The molecule has 0 unspecified atom stereocenters. The smallest absolute Gasteiger partial charge is 0.256 e. The normalized spacial score (nSPS) is 17.4. The molecule has 0 aromatic heterocycles. The molecule has 0 fully saturated rings. The maximum absolute atomic E-state index is 13.6. The Bertz CT molecular complexity index is 1130. The van der Waals surface area contributed by atoms with Gasteiger partial charge in [0.15, 0.2) is 5.84 Å². The van der Waals surface area contributed by atoms with Crippen molar-refractivity contribution in [3.05, 3.63) is 84.3 Å². The molecule has 0 aliphatic carbocycles. The van der Waals surface area contributed by atoms with Crippen molar-refractivity contribution < 1.29 is 17.5 Å². The first-order valence-electron chi connectivity index (χ1n) is 8.64. The van der Waals surface area contributed by atoms with Crippen molar-refractivity contribution in [2.45, 2.75) is 0 Å². The predicted molar refractivity (Wildman–Crippen MR) is 108 cm³/mol. The molecule has 4 rings (SSSR count). The van der Waals surface area contributed by atoms with Crippen LogP contribution in [0.25, 0.3) is 11.6 Å². The van der Waals surface area contributed by atoms with Gasteiger partial charge in [0.1, 0.15) is 17.3 Å². The van der Waals surface area contributed by atoms with Crippen molar-refractivity contribution in [2.24, 2.45) is 4.40 Å². The van der Waals surface area contributed by atoms with E-state index in [0.29, 0.717) is 29.4 Å². The Kier molecular flexibility index (Phi) is 4.60. The minimum absolute atomic E-state index is 0.00522. The van der Waals surface area contributed by atoms with E-state index in [9.17, 15) is 12.8 Å². The Hall–Kier alpha value is -3.19. The number of halogens is 1. The summed E-state index contributed by atoms with van der Waals surface area (Å²) in [6.45, 7) is 3.96. The molecule has 0 amide bonds. The molecule has 2 heterocycles. The summed E-state index contributed by atoms with van der Waals surface area (Å²) in [5, 5.41) is 0. The van der Waals surface area contributed by atoms with Gasteiger partial charge in [0.2, 0.25) is 0 Å². The molecule has 2 aliphatic rings. The van der Waals surface area contributed by atoms with Gasteiger partial charge in [0.25, 0.3) is 10.0 Å². The Labute approximate surface area is 162 Å². The van der Waals surface area contributed by atoms with E-state index in [4.69, 9.17) is 4.74 Å². The van der Waals surface area contributed by atoms with E-state index >= 15 is 0 Å². The predicted octanol–water partition coefficient (Wildman–Crippen LogP) is 4.22. The van der Waals surface area contributed by atoms with Gasteiger partial charge >= 0.3 is 0 Å². The molecule has 0 saturated carbocycles. The highest BCUT2D eigenvalue weighted by Crippen LogP contribution is 2.29. The lowest BCUT2D eigenvalue weighted by Crippen LogP contribution is -2.37. The highest BCUT2D eigenvalue weighted by atomic mass is 32.2. The van der Waals surface area contributed by atoms with Crippen LogP contribution in [0.15, 0.2) is 71.8 Å². The number of fused-ring (bicyclic) bond motifs is 1. The summed E-state index contributed by atoms with van der Waals surface area (Å²) < 4.78 is 47.1. The molecule has 0 radical (unpaired) electrons. The van der Waals surface area contributed by atoms with Gasteiger partial charge in [-0.2, -0.15) is 0 Å². The van der Waals surface area contributed by atoms with Crippen LogP contribution in [-0.2, 0) is 10.0 Å². The Morgan fingerprint density at radius 3 is 2.64 bits per heavy atom. The van der Waals surface area contributed by atoms with Crippen LogP contribution >= 0.6 is 0 Å². The van der Waals surface area contributed by atoms with E-state index in [1.807, 2.05) is 35.4 Å². The molecule has 0 spiro atoms. The van der Waals surface area contributed by atoms with Gasteiger partial charge in [-0.15, -0.1) is 4.40 Å². The second-order valence-electron chi connectivity index (χ2n) is 6.33. The minimum atomic E-state index is -3.44. The van der Waals surface area contributed by atoms with Crippen LogP contribution in [0.4, 0.5) is 4.39 Å². The molecule has 28 heavy (non-hydrogen) atoms. The molecular weight excluding hydrogens is 379 g/mol. The fourth-order valence-corrected chi connectivity index (χ4v) is 4.01. The summed E-state index contributed by atoms with van der Waals surface area (Å²) in [4.78, 5) is 1.83. The first kappa shape index (κ1) is 18.2. The zero-order valence-electron chi connectivity index (χ0n) is 14.9. The van der Waals surface area contributed by atoms with Gasteiger partial charge in [-0.1, -0.05) is 24.8 Å². The summed E-state index contributed by atoms with van der Waals surface area (Å²) in [6, 6.07) is 11.7. The number of hydrogen-bond donors (Lipinski definition) is 0. The van der Waals surface area contributed by atoms with Crippen LogP contribution in [-0.4, -0.2) is 31.5 Å². The standard InChI is InChI=1S/C21H17FN2O3S/c1-2-15-14-18(9-10-20(15)22)27-17-7-5-16(6-8-17)19-4-3-11-24-12-13-28(25,26)23-21(19)24/h2-11,14H,1,12-13H2. The number of amidine groups is 1. The van der Waals surface area contributed by atoms with Crippen molar-refractivity contribution >= 4 is 27.5 Å². The van der Waals surface area contributed by atoms with Crippen LogP contribution < -0.4 is 4.74 Å². The number of sulfonamides is 1. The Balaban J connectivity index is 1.60. The lowest BCUT2D eigenvalue weighted by atomic mass is 10.0. The summed E-state index contributed by atoms with van der Waals surface area (Å²) in [6.07, 6.45) is 6.95. The number of benzene rings is 2. The summed E-state index contributed by atoms with van der Waals surface area (Å²) in [5.74, 6) is 1.15. The minimum Gasteiger partial charge on any atom is -0.457 e. The van der Waals surface area contributed by atoms with Crippen LogP contribution in [0.5, 0.6) is 11.5 Å². The van der Waals surface area contributed by atoms with Crippen molar-refractivity contribution in [2.75, 3.05) is 12.3 Å². The monoisotopic (exact) mass is 396 g/mol. The molecule has 7 heteroatoms. The molecule has 2 aromatic rings. The van der Waals surface area contributed by atoms with Crippen molar-refractivity contribution in [3.8, 4) is 11.5 Å². The second-order valence-corrected chi connectivity index (χ2v) is 8.08. The molecule has 2 aromatic carbocycles. The van der Waals surface area contributed by atoms with Gasteiger partial charge in [-0.05, 0) is 48.0 Å². The fourth-order valence-electron chi connectivity index (χ4n) is 3.02. The van der Waals surface area contributed by atoms with Crippen LogP contribution in [0.3, 0.4) is 0 Å². The first-order chi connectivity index (χ1) is 13.4. The van der Waals surface area contributed by atoms with Crippen molar-refractivity contribution in [1.29, 1.82) is 0 Å². The largest absolute Gasteiger partial charge is 0.457 e. The average molecular weight is 396 g/mol. The van der Waals surface area contributed by atoms with E-state index in [-0.39, 0.29) is 11.6 Å². The third kappa shape index (κ3) is 3.61. The summed E-state index contributed by atoms with van der Waals surface area (Å²) in [7, 11) is -3.44. The number of ether oxygens (including phenoxy) is 1.